The van der Waals surface area contributed by atoms with Crippen molar-refractivity contribution in [1.82, 2.24) is 15.1 Å². The second kappa shape index (κ2) is 15.3. The van der Waals surface area contributed by atoms with Gasteiger partial charge in [-0.15, -0.1) is 0 Å². The van der Waals surface area contributed by atoms with Crippen LogP contribution in [0, 0.1) is 6.92 Å². The molecular weight excluding hydrogens is 592 g/mol. The van der Waals surface area contributed by atoms with Crippen LogP contribution in [-0.2, 0) is 32.1 Å². The van der Waals surface area contributed by atoms with E-state index in [9.17, 15) is 19.2 Å². The Bertz CT molecular complexity index is 1530. The van der Waals surface area contributed by atoms with E-state index in [1.807, 2.05) is 37.3 Å². The number of anilines is 1. The van der Waals surface area contributed by atoms with Gasteiger partial charge in [-0.2, -0.15) is 0 Å². The molecule has 0 saturated carbocycles. The lowest BCUT2D eigenvalue weighted by Crippen LogP contribution is -2.56. The lowest BCUT2D eigenvalue weighted by molar-refractivity contribution is -0.142. The van der Waals surface area contributed by atoms with Crippen molar-refractivity contribution >= 4 is 40.8 Å². The molecule has 5 rings (SSSR count). The maximum Gasteiger partial charge on any atom is 0.246 e. The van der Waals surface area contributed by atoms with Crippen molar-refractivity contribution in [3.63, 3.8) is 0 Å². The van der Waals surface area contributed by atoms with Crippen LogP contribution in [0.15, 0.2) is 72.8 Å². The number of carbonyl (C=O) groups is 4. The molecule has 0 spiro atoms. The third-order valence-electron chi connectivity index (χ3n) is 8.43. The maximum absolute atomic E-state index is 14.0. The highest BCUT2D eigenvalue weighted by atomic mass is 35.5. The number of Topliss-reactive ketones (excluding diaryl/α,β-unsaturated/α-hetero) is 1. The molecule has 9 nitrogen and oxygen atoms in total. The standard InChI is InChI=1S/C35H39ClN4O5/c1-24-21-28(11-12-29(24)36)37-34(43)30(15-16-39-17-19-45-20-18-39)38-35(44)31-22-26-9-5-6-10-27(26)23-40(31)33(42)14-13-32(41)25-7-3-2-4-8-25/h2-12,21,30-31H,13-20,22-23H2,1H3,(H,37,43)(H,38,44)/t30-,31-/m0/s1. The molecule has 3 amide bonds. The Labute approximate surface area is 268 Å². The number of halogens is 1. The van der Waals surface area contributed by atoms with Gasteiger partial charge in [0.05, 0.1) is 13.2 Å². The van der Waals surface area contributed by atoms with Crippen LogP contribution < -0.4 is 10.6 Å². The molecule has 2 atom stereocenters. The van der Waals surface area contributed by atoms with Gasteiger partial charge in [-0.1, -0.05) is 66.2 Å². The van der Waals surface area contributed by atoms with Crippen molar-refractivity contribution in [3.8, 4) is 0 Å². The molecule has 2 aliphatic rings. The molecule has 236 valence electrons. The molecule has 3 aromatic carbocycles. The summed E-state index contributed by atoms with van der Waals surface area (Å²) in [5.41, 5.74) is 3.90. The molecule has 0 aromatic heterocycles. The fourth-order valence-electron chi connectivity index (χ4n) is 5.78. The van der Waals surface area contributed by atoms with Gasteiger partial charge in [0.1, 0.15) is 12.1 Å². The Morgan fingerprint density at radius 2 is 1.64 bits per heavy atom. The van der Waals surface area contributed by atoms with E-state index >= 15 is 0 Å². The number of amides is 3. The molecule has 2 aliphatic heterocycles. The Kier molecular flexibility index (Phi) is 11.0. The topological polar surface area (TPSA) is 108 Å². The monoisotopic (exact) mass is 630 g/mol. The Hall–Kier alpha value is -4.05. The number of ether oxygens (including phenoxy) is 1. The number of nitrogens with zero attached hydrogens (tertiary/aromatic N) is 2. The first-order chi connectivity index (χ1) is 21.8. The van der Waals surface area contributed by atoms with E-state index in [2.05, 4.69) is 15.5 Å². The van der Waals surface area contributed by atoms with Gasteiger partial charge in [0.2, 0.25) is 17.7 Å². The first kappa shape index (κ1) is 32.3. The maximum atomic E-state index is 14.0. The van der Waals surface area contributed by atoms with Gasteiger partial charge in [-0.05, 0) is 48.2 Å². The minimum absolute atomic E-state index is 0.0173. The molecule has 0 aliphatic carbocycles. The predicted molar refractivity (Wildman–Crippen MR) is 173 cm³/mol. The number of hydrogen-bond acceptors (Lipinski definition) is 6. The van der Waals surface area contributed by atoms with E-state index in [4.69, 9.17) is 16.3 Å². The Morgan fingerprint density at radius 3 is 2.38 bits per heavy atom. The van der Waals surface area contributed by atoms with E-state index in [0.29, 0.717) is 48.9 Å². The quantitative estimate of drug-likeness (QED) is 0.304. The minimum Gasteiger partial charge on any atom is -0.379 e. The van der Waals surface area contributed by atoms with Gasteiger partial charge in [0, 0.05) is 61.7 Å². The Morgan fingerprint density at radius 1 is 0.933 bits per heavy atom. The lowest BCUT2D eigenvalue weighted by Gasteiger charge is -2.37. The summed E-state index contributed by atoms with van der Waals surface area (Å²) in [6.07, 6.45) is 0.721. The number of benzene rings is 3. The van der Waals surface area contributed by atoms with E-state index < -0.39 is 18.0 Å². The van der Waals surface area contributed by atoms with Crippen LogP contribution in [0.2, 0.25) is 5.02 Å². The minimum atomic E-state index is -0.842. The first-order valence-electron chi connectivity index (χ1n) is 15.4. The highest BCUT2D eigenvalue weighted by molar-refractivity contribution is 6.31. The van der Waals surface area contributed by atoms with E-state index in [0.717, 1.165) is 29.8 Å². The summed E-state index contributed by atoms with van der Waals surface area (Å²) in [4.78, 5) is 57.7. The van der Waals surface area contributed by atoms with Crippen molar-refractivity contribution < 1.29 is 23.9 Å². The van der Waals surface area contributed by atoms with Gasteiger partial charge in [0.15, 0.2) is 5.78 Å². The molecule has 2 heterocycles. The van der Waals surface area contributed by atoms with Gasteiger partial charge < -0.3 is 20.3 Å². The molecule has 1 fully saturated rings. The highest BCUT2D eigenvalue weighted by Gasteiger charge is 2.36. The number of aryl methyl sites for hydroxylation is 1. The molecule has 45 heavy (non-hydrogen) atoms. The lowest BCUT2D eigenvalue weighted by atomic mass is 9.92. The molecule has 3 aromatic rings. The van der Waals surface area contributed by atoms with Crippen molar-refractivity contribution in [3.05, 3.63) is 100 Å². The molecule has 0 bridgehead atoms. The number of nitrogens with one attached hydrogen (secondary N) is 2. The van der Waals surface area contributed by atoms with Crippen LogP contribution in [0.25, 0.3) is 0 Å². The average molecular weight is 631 g/mol. The fourth-order valence-corrected chi connectivity index (χ4v) is 5.89. The average Bonchev–Trinajstić information content (AvgIpc) is 3.07. The van der Waals surface area contributed by atoms with Gasteiger partial charge in [-0.25, -0.2) is 0 Å². The van der Waals surface area contributed by atoms with Gasteiger partial charge in [0.25, 0.3) is 0 Å². The number of rotatable bonds is 11. The smallest absolute Gasteiger partial charge is 0.246 e. The number of hydrogen-bond donors (Lipinski definition) is 2. The predicted octanol–water partition coefficient (Wildman–Crippen LogP) is 4.41. The van der Waals surface area contributed by atoms with Crippen LogP contribution in [-0.4, -0.2) is 78.2 Å². The highest BCUT2D eigenvalue weighted by Crippen LogP contribution is 2.25. The number of fused-ring (bicyclic) bond motifs is 1. The summed E-state index contributed by atoms with van der Waals surface area (Å²) in [5, 5.41) is 6.51. The second-order valence-corrected chi connectivity index (χ2v) is 12.0. The van der Waals surface area contributed by atoms with Crippen molar-refractivity contribution in [1.29, 1.82) is 0 Å². The zero-order chi connectivity index (χ0) is 31.8. The third-order valence-corrected chi connectivity index (χ3v) is 8.85. The Balaban J connectivity index is 1.32. The molecule has 2 N–H and O–H groups in total. The van der Waals surface area contributed by atoms with Crippen LogP contribution in [0.5, 0.6) is 0 Å². The first-order valence-corrected chi connectivity index (χ1v) is 15.8. The number of ketones is 1. The van der Waals surface area contributed by atoms with Crippen LogP contribution in [0.4, 0.5) is 5.69 Å². The summed E-state index contributed by atoms with van der Waals surface area (Å²) in [7, 11) is 0. The molecule has 0 radical (unpaired) electrons. The SMILES string of the molecule is Cc1cc(NC(=O)[C@H](CCN2CCOCC2)NC(=O)[C@@H]2Cc3ccccc3CN2C(=O)CCC(=O)c2ccccc2)ccc1Cl. The molecule has 1 saturated heterocycles. The number of carbonyl (C=O) groups excluding carboxylic acids is 4. The van der Waals surface area contributed by atoms with E-state index in [1.165, 1.54) is 0 Å². The van der Waals surface area contributed by atoms with E-state index in [-0.39, 0.29) is 37.0 Å². The largest absolute Gasteiger partial charge is 0.379 e. The van der Waals surface area contributed by atoms with Crippen LogP contribution >= 0.6 is 11.6 Å². The zero-order valence-corrected chi connectivity index (χ0v) is 26.2. The van der Waals surface area contributed by atoms with Crippen molar-refractivity contribution in [2.45, 2.75) is 51.2 Å². The third kappa shape index (κ3) is 8.57. The summed E-state index contributed by atoms with van der Waals surface area (Å²) in [6.45, 7) is 5.46. The normalized spacial score (nSPS) is 17.2. The summed E-state index contributed by atoms with van der Waals surface area (Å²) >= 11 is 6.18. The fraction of sp³-hybridized carbons (Fsp3) is 0.371. The van der Waals surface area contributed by atoms with E-state index in [1.54, 1.807) is 47.4 Å². The summed E-state index contributed by atoms with van der Waals surface area (Å²) < 4.78 is 5.46. The number of morpholine rings is 1. The van der Waals surface area contributed by atoms with Crippen LogP contribution in [0.3, 0.4) is 0 Å². The molecule has 10 heteroatoms. The van der Waals surface area contributed by atoms with Gasteiger partial charge >= 0.3 is 0 Å². The van der Waals surface area contributed by atoms with Crippen molar-refractivity contribution in [2.75, 3.05) is 38.2 Å². The van der Waals surface area contributed by atoms with Crippen LogP contribution in [0.1, 0.15) is 46.3 Å². The summed E-state index contributed by atoms with van der Waals surface area (Å²) in [6, 6.07) is 20.2. The zero-order valence-electron chi connectivity index (χ0n) is 25.5. The second-order valence-electron chi connectivity index (χ2n) is 11.6. The summed E-state index contributed by atoms with van der Waals surface area (Å²) in [5.74, 6) is -1.15. The van der Waals surface area contributed by atoms with Gasteiger partial charge in [-0.3, -0.25) is 24.1 Å². The van der Waals surface area contributed by atoms with Crippen molar-refractivity contribution in [2.24, 2.45) is 0 Å². The molecular formula is C35H39ClN4O5. The molecule has 0 unspecified atom stereocenters.